The maximum absolute atomic E-state index is 6.16. The van der Waals surface area contributed by atoms with Crippen LogP contribution in [0, 0.1) is 13.8 Å². The molecule has 0 spiro atoms. The van der Waals surface area contributed by atoms with Crippen LogP contribution >= 0.6 is 46.1 Å². The molecule has 0 aliphatic rings. The van der Waals surface area contributed by atoms with Crippen molar-refractivity contribution in [1.82, 2.24) is 5.32 Å². The second-order valence-electron chi connectivity index (χ2n) is 4.38. The van der Waals surface area contributed by atoms with Gasteiger partial charge in [-0.2, -0.15) is 0 Å². The SMILES string of the molecule is Cc1cc(CNCc2c(Cl)ccc(Cl)c2Cl)sc1C. The molecule has 0 saturated heterocycles. The van der Waals surface area contributed by atoms with E-state index >= 15 is 0 Å². The molecule has 0 fully saturated rings. The van der Waals surface area contributed by atoms with E-state index in [0.717, 1.165) is 12.1 Å². The molecule has 1 nitrogen and oxygen atoms in total. The highest BCUT2D eigenvalue weighted by Crippen LogP contribution is 2.31. The van der Waals surface area contributed by atoms with Crippen molar-refractivity contribution in [3.05, 3.63) is 54.1 Å². The molecule has 1 N–H and O–H groups in total. The number of nitrogens with one attached hydrogen (secondary N) is 1. The molecular formula is C14H14Cl3NS. The molecule has 2 aromatic rings. The van der Waals surface area contributed by atoms with E-state index in [9.17, 15) is 0 Å². The van der Waals surface area contributed by atoms with E-state index in [1.807, 2.05) is 0 Å². The summed E-state index contributed by atoms with van der Waals surface area (Å²) in [6.45, 7) is 5.67. The van der Waals surface area contributed by atoms with Crippen LogP contribution in [0.1, 0.15) is 20.9 Å². The Hall–Kier alpha value is -0.250. The quantitative estimate of drug-likeness (QED) is 0.716. The predicted molar refractivity (Wildman–Crippen MR) is 85.8 cm³/mol. The van der Waals surface area contributed by atoms with Crippen molar-refractivity contribution in [3.8, 4) is 0 Å². The largest absolute Gasteiger partial charge is 0.308 e. The molecule has 0 bridgehead atoms. The highest BCUT2D eigenvalue weighted by Gasteiger charge is 2.09. The monoisotopic (exact) mass is 333 g/mol. The van der Waals surface area contributed by atoms with Gasteiger partial charge in [-0.25, -0.2) is 0 Å². The van der Waals surface area contributed by atoms with Crippen molar-refractivity contribution in [3.63, 3.8) is 0 Å². The number of aryl methyl sites for hydroxylation is 2. The Morgan fingerprint density at radius 2 is 1.74 bits per heavy atom. The van der Waals surface area contributed by atoms with Crippen molar-refractivity contribution in [2.45, 2.75) is 26.9 Å². The normalized spacial score (nSPS) is 11.0. The lowest BCUT2D eigenvalue weighted by Crippen LogP contribution is -2.12. The van der Waals surface area contributed by atoms with Gasteiger partial charge in [0.1, 0.15) is 0 Å². The Labute approximate surface area is 132 Å². The minimum absolute atomic E-state index is 0.528. The maximum Gasteiger partial charge on any atom is 0.0652 e. The van der Waals surface area contributed by atoms with E-state index in [-0.39, 0.29) is 0 Å². The fourth-order valence-electron chi connectivity index (χ4n) is 1.78. The molecule has 0 atom stereocenters. The van der Waals surface area contributed by atoms with Crippen LogP contribution in [-0.4, -0.2) is 0 Å². The molecule has 0 saturated carbocycles. The molecule has 5 heteroatoms. The molecule has 1 heterocycles. The highest BCUT2D eigenvalue weighted by atomic mass is 35.5. The molecule has 0 amide bonds. The number of hydrogen-bond donors (Lipinski definition) is 1. The summed E-state index contributed by atoms with van der Waals surface area (Å²) in [4.78, 5) is 2.67. The summed E-state index contributed by atoms with van der Waals surface area (Å²) in [5.41, 5.74) is 2.18. The Bertz CT molecular complexity index is 573. The zero-order valence-corrected chi connectivity index (χ0v) is 13.8. The number of hydrogen-bond acceptors (Lipinski definition) is 2. The second-order valence-corrected chi connectivity index (χ2v) is 6.91. The third-order valence-electron chi connectivity index (χ3n) is 2.96. The number of thiophene rings is 1. The molecule has 0 unspecified atom stereocenters. The van der Waals surface area contributed by atoms with Crippen LogP contribution < -0.4 is 5.32 Å². The summed E-state index contributed by atoms with van der Waals surface area (Å²) >= 11 is 20.1. The van der Waals surface area contributed by atoms with Gasteiger partial charge in [-0.3, -0.25) is 0 Å². The Morgan fingerprint density at radius 1 is 1.05 bits per heavy atom. The highest BCUT2D eigenvalue weighted by molar-refractivity contribution is 7.12. The maximum atomic E-state index is 6.16. The van der Waals surface area contributed by atoms with Gasteiger partial charge in [0.25, 0.3) is 0 Å². The molecule has 0 aliphatic carbocycles. The molecule has 102 valence electrons. The van der Waals surface area contributed by atoms with E-state index in [2.05, 4.69) is 25.2 Å². The van der Waals surface area contributed by atoms with Gasteiger partial charge in [0.05, 0.1) is 10.0 Å². The topological polar surface area (TPSA) is 12.0 Å². The Morgan fingerprint density at radius 3 is 2.37 bits per heavy atom. The third-order valence-corrected chi connectivity index (χ3v) is 5.31. The molecule has 2 rings (SSSR count). The lowest BCUT2D eigenvalue weighted by atomic mass is 10.2. The van der Waals surface area contributed by atoms with Crippen LogP contribution in [0.15, 0.2) is 18.2 Å². The van der Waals surface area contributed by atoms with E-state index in [1.165, 1.54) is 15.3 Å². The Balaban J connectivity index is 2.01. The first kappa shape index (κ1) is 15.1. The number of halogens is 3. The van der Waals surface area contributed by atoms with Crippen LogP contribution in [0.2, 0.25) is 15.1 Å². The molecule has 0 aliphatic heterocycles. The zero-order chi connectivity index (χ0) is 14.0. The van der Waals surface area contributed by atoms with Gasteiger partial charge >= 0.3 is 0 Å². The number of rotatable bonds is 4. The van der Waals surface area contributed by atoms with Crippen molar-refractivity contribution in [2.24, 2.45) is 0 Å². The first-order valence-corrected chi connectivity index (χ1v) is 7.83. The molecule has 19 heavy (non-hydrogen) atoms. The van der Waals surface area contributed by atoms with Crippen molar-refractivity contribution >= 4 is 46.1 Å². The Kier molecular flexibility index (Phi) is 5.15. The van der Waals surface area contributed by atoms with Crippen molar-refractivity contribution < 1.29 is 0 Å². The van der Waals surface area contributed by atoms with Gasteiger partial charge < -0.3 is 5.32 Å². The van der Waals surface area contributed by atoms with E-state index in [4.69, 9.17) is 34.8 Å². The first-order chi connectivity index (χ1) is 8.99. The number of benzene rings is 1. The lowest BCUT2D eigenvalue weighted by Gasteiger charge is -2.09. The average molecular weight is 335 g/mol. The average Bonchev–Trinajstić information content (AvgIpc) is 2.68. The molecule has 1 aromatic carbocycles. The fraction of sp³-hybridized carbons (Fsp3) is 0.286. The van der Waals surface area contributed by atoms with E-state index in [1.54, 1.807) is 23.5 Å². The minimum atomic E-state index is 0.528. The first-order valence-electron chi connectivity index (χ1n) is 5.88. The summed E-state index contributed by atoms with van der Waals surface area (Å²) in [6.07, 6.45) is 0. The van der Waals surface area contributed by atoms with Gasteiger partial charge in [-0.15, -0.1) is 11.3 Å². The lowest BCUT2D eigenvalue weighted by molar-refractivity contribution is 0.701. The van der Waals surface area contributed by atoms with Crippen LogP contribution in [0.5, 0.6) is 0 Å². The van der Waals surface area contributed by atoms with Crippen molar-refractivity contribution in [1.29, 1.82) is 0 Å². The smallest absolute Gasteiger partial charge is 0.0652 e. The van der Waals surface area contributed by atoms with Gasteiger partial charge in [0, 0.05) is 33.4 Å². The van der Waals surface area contributed by atoms with Crippen LogP contribution in [0.4, 0.5) is 0 Å². The second kappa shape index (κ2) is 6.47. The summed E-state index contributed by atoms with van der Waals surface area (Å²) < 4.78 is 0. The zero-order valence-electron chi connectivity index (χ0n) is 10.7. The van der Waals surface area contributed by atoms with Crippen LogP contribution in [0.25, 0.3) is 0 Å². The predicted octanol–water partition coefficient (Wildman–Crippen LogP) is 5.61. The fourth-order valence-corrected chi connectivity index (χ4v) is 3.48. The van der Waals surface area contributed by atoms with Crippen LogP contribution in [0.3, 0.4) is 0 Å². The van der Waals surface area contributed by atoms with Crippen LogP contribution in [-0.2, 0) is 13.1 Å². The third kappa shape index (κ3) is 3.65. The van der Waals surface area contributed by atoms with Gasteiger partial charge in [0.2, 0.25) is 0 Å². The van der Waals surface area contributed by atoms with Gasteiger partial charge in [-0.05, 0) is 37.6 Å². The van der Waals surface area contributed by atoms with Gasteiger partial charge in [0.15, 0.2) is 0 Å². The van der Waals surface area contributed by atoms with Crippen molar-refractivity contribution in [2.75, 3.05) is 0 Å². The summed E-state index contributed by atoms with van der Waals surface area (Å²) in [6, 6.07) is 5.68. The summed E-state index contributed by atoms with van der Waals surface area (Å²) in [5, 5.41) is 5.05. The standard InChI is InChI=1S/C14H14Cl3NS/c1-8-5-10(19-9(8)2)6-18-7-11-12(15)3-4-13(16)14(11)17/h3-5,18H,6-7H2,1-2H3. The summed E-state index contributed by atoms with van der Waals surface area (Å²) in [7, 11) is 0. The molecule has 1 aromatic heterocycles. The molecule has 0 radical (unpaired) electrons. The minimum Gasteiger partial charge on any atom is -0.308 e. The molecular weight excluding hydrogens is 321 g/mol. The van der Waals surface area contributed by atoms with Gasteiger partial charge in [-0.1, -0.05) is 34.8 Å². The van der Waals surface area contributed by atoms with E-state index < -0.39 is 0 Å². The van der Waals surface area contributed by atoms with E-state index in [0.29, 0.717) is 21.6 Å². The summed E-state index contributed by atoms with van der Waals surface area (Å²) in [5.74, 6) is 0.